The van der Waals surface area contributed by atoms with Gasteiger partial charge >= 0.3 is 5.97 Å². The number of hydrogen-bond acceptors (Lipinski definition) is 5. The molecule has 8 heteroatoms. The number of carbonyl (C=O) groups is 3. The number of piperidine rings is 1. The van der Waals surface area contributed by atoms with Gasteiger partial charge in [-0.3, -0.25) is 9.59 Å². The van der Waals surface area contributed by atoms with Crippen LogP contribution in [0.25, 0.3) is 0 Å². The van der Waals surface area contributed by atoms with Crippen molar-refractivity contribution in [3.8, 4) is 0 Å². The van der Waals surface area contributed by atoms with E-state index in [1.165, 1.54) is 0 Å². The van der Waals surface area contributed by atoms with Gasteiger partial charge in [0.05, 0.1) is 12.9 Å². The van der Waals surface area contributed by atoms with Crippen molar-refractivity contribution in [2.45, 2.75) is 52.9 Å². The third-order valence-electron chi connectivity index (χ3n) is 6.13. The number of aromatic amines is 1. The molecular weight excluding hydrogens is 410 g/mol. The highest BCUT2D eigenvalue weighted by molar-refractivity contribution is 5.90. The van der Waals surface area contributed by atoms with E-state index in [-0.39, 0.29) is 23.7 Å². The largest absolute Gasteiger partial charge is 0.469 e. The second-order valence-electron chi connectivity index (χ2n) is 8.22. The molecule has 0 radical (unpaired) electrons. The van der Waals surface area contributed by atoms with Crippen LogP contribution in [0.5, 0.6) is 0 Å². The van der Waals surface area contributed by atoms with Crippen LogP contribution < -0.4 is 5.32 Å². The van der Waals surface area contributed by atoms with Gasteiger partial charge in [0.25, 0.3) is 0 Å². The molecule has 2 N–H and O–H groups in total. The quantitative estimate of drug-likeness (QED) is 0.580. The van der Waals surface area contributed by atoms with Gasteiger partial charge < -0.3 is 24.4 Å². The van der Waals surface area contributed by atoms with E-state index in [1.807, 2.05) is 30.9 Å². The molecule has 1 fully saturated rings. The minimum atomic E-state index is -0.366. The Hall–Kier alpha value is -3.03. The summed E-state index contributed by atoms with van der Waals surface area (Å²) in [6.45, 7) is 7.62. The van der Waals surface area contributed by atoms with Gasteiger partial charge in [0.15, 0.2) is 0 Å². The summed E-state index contributed by atoms with van der Waals surface area (Å²) >= 11 is 0. The van der Waals surface area contributed by atoms with E-state index in [0.717, 1.165) is 22.6 Å². The molecule has 0 saturated carbocycles. The zero-order valence-corrected chi connectivity index (χ0v) is 19.2. The molecule has 0 atom stereocenters. The number of furan rings is 1. The molecule has 3 rings (SSSR count). The second-order valence-corrected chi connectivity index (χ2v) is 8.22. The zero-order chi connectivity index (χ0) is 23.1. The van der Waals surface area contributed by atoms with E-state index in [9.17, 15) is 14.4 Å². The molecule has 32 heavy (non-hydrogen) atoms. The molecule has 0 aliphatic carbocycles. The lowest BCUT2D eigenvalue weighted by Gasteiger charge is -2.31. The summed E-state index contributed by atoms with van der Waals surface area (Å²) in [6, 6.07) is 3.73. The van der Waals surface area contributed by atoms with Gasteiger partial charge in [-0.15, -0.1) is 0 Å². The Balaban J connectivity index is 1.43. The predicted molar refractivity (Wildman–Crippen MR) is 119 cm³/mol. The number of carbonyl (C=O) groups excluding carboxylic acids is 3. The van der Waals surface area contributed by atoms with Gasteiger partial charge in [0, 0.05) is 44.1 Å². The molecule has 8 nitrogen and oxygen atoms in total. The van der Waals surface area contributed by atoms with E-state index in [0.29, 0.717) is 64.0 Å². The van der Waals surface area contributed by atoms with E-state index in [2.05, 4.69) is 10.3 Å². The minimum absolute atomic E-state index is 0.0497. The number of amides is 2. The van der Waals surface area contributed by atoms with Crippen molar-refractivity contribution < 1.29 is 23.5 Å². The monoisotopic (exact) mass is 443 g/mol. The number of ether oxygens (including phenoxy) is 1. The molecule has 0 unspecified atom stereocenters. The van der Waals surface area contributed by atoms with Crippen LogP contribution in [-0.2, 0) is 27.2 Å². The van der Waals surface area contributed by atoms with Crippen molar-refractivity contribution >= 4 is 17.8 Å². The van der Waals surface area contributed by atoms with Gasteiger partial charge in [-0.1, -0.05) is 0 Å². The average Bonchev–Trinajstić information content (AvgIpc) is 3.40. The molecule has 0 spiro atoms. The van der Waals surface area contributed by atoms with E-state index in [4.69, 9.17) is 9.15 Å². The third-order valence-corrected chi connectivity index (χ3v) is 6.13. The van der Waals surface area contributed by atoms with Crippen molar-refractivity contribution in [3.63, 3.8) is 0 Å². The van der Waals surface area contributed by atoms with Gasteiger partial charge in [-0.25, -0.2) is 4.79 Å². The first kappa shape index (κ1) is 23.6. The van der Waals surface area contributed by atoms with Crippen molar-refractivity contribution in [3.05, 3.63) is 46.7 Å². The molecule has 174 valence electrons. The fraction of sp³-hybridized carbons (Fsp3) is 0.542. The fourth-order valence-corrected chi connectivity index (χ4v) is 4.26. The van der Waals surface area contributed by atoms with Crippen LogP contribution in [0.4, 0.5) is 0 Å². The number of likely N-dealkylation sites (tertiary alicyclic amines) is 1. The minimum Gasteiger partial charge on any atom is -0.469 e. The highest BCUT2D eigenvalue weighted by atomic mass is 16.5. The maximum Gasteiger partial charge on any atom is 0.355 e. The summed E-state index contributed by atoms with van der Waals surface area (Å²) in [6.07, 6.45) is 4.59. The van der Waals surface area contributed by atoms with Gasteiger partial charge in [0.1, 0.15) is 11.5 Å². The molecule has 1 aliphatic heterocycles. The standard InChI is InChI=1S/C24H33N3O5/c1-4-31-24(30)22-16(2)20(17(3)26-22)7-8-21(28)27-13-10-18(11-14-27)23(29)25-12-9-19-6-5-15-32-19/h5-6,15,18,26H,4,7-14H2,1-3H3,(H,25,29). The van der Waals surface area contributed by atoms with Crippen LogP contribution in [0, 0.1) is 19.8 Å². The maximum atomic E-state index is 12.7. The molecule has 2 aromatic heterocycles. The van der Waals surface area contributed by atoms with Gasteiger partial charge in [-0.2, -0.15) is 0 Å². The van der Waals surface area contributed by atoms with Crippen molar-refractivity contribution in [2.24, 2.45) is 5.92 Å². The van der Waals surface area contributed by atoms with Crippen LogP contribution in [0.2, 0.25) is 0 Å². The molecular formula is C24H33N3O5. The number of H-pyrrole nitrogens is 1. The van der Waals surface area contributed by atoms with Crippen molar-refractivity contribution in [2.75, 3.05) is 26.2 Å². The zero-order valence-electron chi connectivity index (χ0n) is 19.2. The lowest BCUT2D eigenvalue weighted by molar-refractivity contribution is -0.135. The lowest BCUT2D eigenvalue weighted by Crippen LogP contribution is -2.43. The lowest BCUT2D eigenvalue weighted by atomic mass is 9.95. The molecule has 0 bridgehead atoms. The Morgan fingerprint density at radius 3 is 2.62 bits per heavy atom. The summed E-state index contributed by atoms with van der Waals surface area (Å²) in [5.74, 6) is 0.563. The van der Waals surface area contributed by atoms with Crippen LogP contribution in [0.15, 0.2) is 22.8 Å². The molecule has 1 saturated heterocycles. The highest BCUT2D eigenvalue weighted by Gasteiger charge is 2.27. The summed E-state index contributed by atoms with van der Waals surface area (Å²) in [7, 11) is 0. The van der Waals surface area contributed by atoms with Gasteiger partial charge in [0.2, 0.25) is 11.8 Å². The Morgan fingerprint density at radius 2 is 1.97 bits per heavy atom. The second kappa shape index (κ2) is 11.0. The fourth-order valence-electron chi connectivity index (χ4n) is 4.26. The number of rotatable bonds is 9. The first-order valence-corrected chi connectivity index (χ1v) is 11.3. The van der Waals surface area contributed by atoms with E-state index in [1.54, 1.807) is 13.2 Å². The summed E-state index contributed by atoms with van der Waals surface area (Å²) in [5.41, 5.74) is 3.19. The molecule has 2 aromatic rings. The molecule has 3 heterocycles. The van der Waals surface area contributed by atoms with Crippen LogP contribution in [0.3, 0.4) is 0 Å². The van der Waals surface area contributed by atoms with Crippen LogP contribution in [-0.4, -0.2) is 53.9 Å². The first-order chi connectivity index (χ1) is 15.4. The molecule has 1 aliphatic rings. The van der Waals surface area contributed by atoms with Crippen molar-refractivity contribution in [1.29, 1.82) is 0 Å². The first-order valence-electron chi connectivity index (χ1n) is 11.3. The van der Waals surface area contributed by atoms with Crippen molar-refractivity contribution in [1.82, 2.24) is 15.2 Å². The normalized spacial score (nSPS) is 14.4. The number of esters is 1. The summed E-state index contributed by atoms with van der Waals surface area (Å²) in [5, 5.41) is 2.97. The number of nitrogens with zero attached hydrogens (tertiary/aromatic N) is 1. The maximum absolute atomic E-state index is 12.7. The Bertz CT molecular complexity index is 924. The number of aromatic nitrogens is 1. The highest BCUT2D eigenvalue weighted by Crippen LogP contribution is 2.22. The topological polar surface area (TPSA) is 105 Å². The summed E-state index contributed by atoms with van der Waals surface area (Å²) < 4.78 is 10.4. The number of aryl methyl sites for hydroxylation is 1. The smallest absolute Gasteiger partial charge is 0.355 e. The molecule has 2 amide bonds. The Kier molecular flexibility index (Phi) is 8.14. The number of nitrogens with one attached hydrogen (secondary N) is 2. The SMILES string of the molecule is CCOC(=O)c1[nH]c(C)c(CCC(=O)N2CCC(C(=O)NCCc3ccco3)CC2)c1C. The summed E-state index contributed by atoms with van der Waals surface area (Å²) in [4.78, 5) is 42.1. The Labute approximate surface area is 188 Å². The average molecular weight is 444 g/mol. The van der Waals surface area contributed by atoms with E-state index < -0.39 is 0 Å². The van der Waals surface area contributed by atoms with Crippen LogP contribution in [0.1, 0.15) is 59.3 Å². The Morgan fingerprint density at radius 1 is 1.22 bits per heavy atom. The number of hydrogen-bond donors (Lipinski definition) is 2. The van der Waals surface area contributed by atoms with E-state index >= 15 is 0 Å². The predicted octanol–water partition coefficient (Wildman–Crippen LogP) is 2.93. The third kappa shape index (κ3) is 5.81. The van der Waals surface area contributed by atoms with Gasteiger partial charge in [-0.05, 0) is 63.3 Å². The molecule has 0 aromatic carbocycles. The van der Waals surface area contributed by atoms with Crippen LogP contribution >= 0.6 is 0 Å².